The molecule has 6 nitrogen and oxygen atoms in total. The van der Waals surface area contributed by atoms with Crippen LogP contribution in [0.2, 0.25) is 10.0 Å². The fraction of sp³-hybridized carbons (Fsp3) is 0. The van der Waals surface area contributed by atoms with E-state index in [1.807, 2.05) is 0 Å². The van der Waals surface area contributed by atoms with Gasteiger partial charge in [-0.3, -0.25) is 14.8 Å². The Morgan fingerprint density at radius 2 is 2.00 bits per heavy atom. The van der Waals surface area contributed by atoms with Crippen molar-refractivity contribution in [2.24, 2.45) is 0 Å². The second-order valence-electron chi connectivity index (χ2n) is 3.14. The number of halogens is 2. The highest BCUT2D eigenvalue weighted by Crippen LogP contribution is 2.23. The van der Waals surface area contributed by atoms with Crippen LogP contribution >= 0.6 is 23.2 Å². The van der Waals surface area contributed by atoms with Gasteiger partial charge in [-0.25, -0.2) is 5.48 Å². The lowest BCUT2D eigenvalue weighted by Gasteiger charge is -1.95. The number of benzene rings is 1. The summed E-state index contributed by atoms with van der Waals surface area (Å²) in [6, 6.07) is 2.73. The molecule has 1 aromatic heterocycles. The molecule has 3 N–H and O–H groups in total. The molecular formula is C9H5Cl2N3O3. The van der Waals surface area contributed by atoms with Gasteiger partial charge in [-0.05, 0) is 12.1 Å². The van der Waals surface area contributed by atoms with E-state index in [1.54, 1.807) is 0 Å². The third-order valence-corrected chi connectivity index (χ3v) is 2.57. The molecule has 0 fully saturated rings. The number of nitrogens with zero attached hydrogens (tertiary/aromatic N) is 1. The molecule has 1 heterocycles. The zero-order valence-corrected chi connectivity index (χ0v) is 9.63. The van der Waals surface area contributed by atoms with Gasteiger partial charge in [-0.1, -0.05) is 23.2 Å². The van der Waals surface area contributed by atoms with Gasteiger partial charge in [0, 0.05) is 5.02 Å². The van der Waals surface area contributed by atoms with Crippen LogP contribution in [0.25, 0.3) is 10.9 Å². The van der Waals surface area contributed by atoms with Crippen LogP contribution in [-0.2, 0) is 0 Å². The summed E-state index contributed by atoms with van der Waals surface area (Å²) < 4.78 is 0. The number of aromatic nitrogens is 2. The van der Waals surface area contributed by atoms with Crippen LogP contribution in [-0.4, -0.2) is 15.2 Å². The zero-order valence-electron chi connectivity index (χ0n) is 8.12. The number of anilines is 1. The van der Waals surface area contributed by atoms with Crippen LogP contribution in [0.5, 0.6) is 0 Å². The van der Waals surface area contributed by atoms with Crippen molar-refractivity contribution in [3.05, 3.63) is 42.9 Å². The number of rotatable bonds is 1. The quantitative estimate of drug-likeness (QED) is 0.683. The maximum absolute atomic E-state index is 11.7. The van der Waals surface area contributed by atoms with Gasteiger partial charge in [0.15, 0.2) is 0 Å². The third kappa shape index (κ3) is 2.10. The Balaban J connectivity index is 3.09. The topological polar surface area (TPSA) is 95.1 Å². The van der Waals surface area contributed by atoms with Gasteiger partial charge < -0.3 is 4.98 Å². The van der Waals surface area contributed by atoms with E-state index in [9.17, 15) is 9.59 Å². The van der Waals surface area contributed by atoms with Crippen LogP contribution in [0.1, 0.15) is 0 Å². The van der Waals surface area contributed by atoms with E-state index in [-0.39, 0.29) is 20.9 Å². The summed E-state index contributed by atoms with van der Waals surface area (Å²) in [5, 5.41) is 9.01. The maximum atomic E-state index is 11.7. The Labute approximate surface area is 104 Å². The Morgan fingerprint density at radius 3 is 2.65 bits per heavy atom. The lowest BCUT2D eigenvalue weighted by Crippen LogP contribution is -2.13. The van der Waals surface area contributed by atoms with Gasteiger partial charge >= 0.3 is 0 Å². The van der Waals surface area contributed by atoms with Gasteiger partial charge in [-0.2, -0.15) is 4.98 Å². The molecule has 0 aliphatic rings. The van der Waals surface area contributed by atoms with Crippen molar-refractivity contribution < 1.29 is 5.21 Å². The van der Waals surface area contributed by atoms with Gasteiger partial charge in [0.1, 0.15) is 0 Å². The average molecular weight is 274 g/mol. The Morgan fingerprint density at radius 1 is 1.29 bits per heavy atom. The molecule has 1 aromatic carbocycles. The van der Waals surface area contributed by atoms with Crippen molar-refractivity contribution >= 4 is 39.9 Å². The minimum Gasteiger partial charge on any atom is -0.318 e. The van der Waals surface area contributed by atoms with Crippen molar-refractivity contribution in [3.8, 4) is 0 Å². The smallest absolute Gasteiger partial charge is 0.293 e. The Bertz CT molecular complexity index is 714. The summed E-state index contributed by atoms with van der Waals surface area (Å²) in [5.74, 6) is -0.515. The highest BCUT2D eigenvalue weighted by molar-refractivity contribution is 6.38. The van der Waals surface area contributed by atoms with Crippen LogP contribution in [0.4, 0.5) is 5.82 Å². The summed E-state index contributed by atoms with van der Waals surface area (Å²) in [6.07, 6.45) is 0. The van der Waals surface area contributed by atoms with Crippen molar-refractivity contribution in [1.82, 2.24) is 9.97 Å². The van der Waals surface area contributed by atoms with E-state index in [1.165, 1.54) is 17.6 Å². The van der Waals surface area contributed by atoms with Crippen molar-refractivity contribution in [2.75, 3.05) is 5.48 Å². The molecular weight excluding hydrogens is 269 g/mol. The lowest BCUT2D eigenvalue weighted by atomic mass is 10.2. The van der Waals surface area contributed by atoms with E-state index >= 15 is 0 Å². The Kier molecular flexibility index (Phi) is 3.01. The fourth-order valence-electron chi connectivity index (χ4n) is 1.36. The predicted molar refractivity (Wildman–Crippen MR) is 64.1 cm³/mol. The number of fused-ring (bicyclic) bond motifs is 1. The number of aromatic amines is 1. The van der Waals surface area contributed by atoms with Crippen molar-refractivity contribution in [2.45, 2.75) is 0 Å². The highest BCUT2D eigenvalue weighted by atomic mass is 35.5. The van der Waals surface area contributed by atoms with Gasteiger partial charge in [-0.15, -0.1) is 0 Å². The van der Waals surface area contributed by atoms with E-state index in [4.69, 9.17) is 28.4 Å². The predicted octanol–water partition coefficient (Wildman–Crippen LogP) is 1.39. The first-order valence-electron chi connectivity index (χ1n) is 4.36. The first-order chi connectivity index (χ1) is 8.02. The van der Waals surface area contributed by atoms with Gasteiger partial charge in [0.25, 0.3) is 11.1 Å². The molecule has 0 amide bonds. The summed E-state index contributed by atoms with van der Waals surface area (Å²) in [7, 11) is 0. The minimum absolute atomic E-state index is 0.0228. The molecule has 2 aromatic rings. The molecule has 88 valence electrons. The van der Waals surface area contributed by atoms with Crippen LogP contribution in [0, 0.1) is 0 Å². The number of nitrogens with one attached hydrogen (secondary N) is 2. The number of H-pyrrole nitrogens is 1. The molecule has 2 rings (SSSR count). The normalized spacial score (nSPS) is 10.5. The highest BCUT2D eigenvalue weighted by Gasteiger charge is 2.09. The second-order valence-corrected chi connectivity index (χ2v) is 3.99. The first kappa shape index (κ1) is 11.8. The van der Waals surface area contributed by atoms with Crippen LogP contribution in [0.15, 0.2) is 21.7 Å². The number of hydrogen-bond donors (Lipinski definition) is 3. The molecule has 0 saturated carbocycles. The minimum atomic E-state index is -0.766. The summed E-state index contributed by atoms with van der Waals surface area (Å²) in [5.41, 5.74) is 0.160. The molecule has 17 heavy (non-hydrogen) atoms. The number of hydrogen-bond acceptors (Lipinski definition) is 5. The largest absolute Gasteiger partial charge is 0.318 e. The molecule has 0 spiro atoms. The molecule has 0 aliphatic heterocycles. The SMILES string of the molecule is O=c1[nH]c2cc(Cl)cc(Cl)c2c(=O)nc1NO. The van der Waals surface area contributed by atoms with Gasteiger partial charge in [0.2, 0.25) is 5.82 Å². The van der Waals surface area contributed by atoms with Crippen molar-refractivity contribution in [3.63, 3.8) is 0 Å². The van der Waals surface area contributed by atoms with E-state index in [2.05, 4.69) is 9.97 Å². The Hall–Kier alpha value is -1.63. The first-order valence-corrected chi connectivity index (χ1v) is 5.12. The zero-order chi connectivity index (χ0) is 12.6. The molecule has 0 unspecified atom stereocenters. The van der Waals surface area contributed by atoms with Crippen molar-refractivity contribution in [1.29, 1.82) is 0 Å². The lowest BCUT2D eigenvalue weighted by molar-refractivity contribution is 0.385. The summed E-state index contributed by atoms with van der Waals surface area (Å²) in [4.78, 5) is 28.9. The van der Waals surface area contributed by atoms with Gasteiger partial charge in [0.05, 0.1) is 15.9 Å². The van der Waals surface area contributed by atoms with Crippen LogP contribution in [0.3, 0.4) is 0 Å². The molecule has 0 saturated heterocycles. The third-order valence-electron chi connectivity index (χ3n) is 2.05. The summed E-state index contributed by atoms with van der Waals surface area (Å²) >= 11 is 11.6. The summed E-state index contributed by atoms with van der Waals surface area (Å²) in [6.45, 7) is 0. The molecule has 8 heteroatoms. The standard InChI is InChI=1S/C9H5Cl2N3O3/c10-3-1-4(11)6-5(2-3)12-9(16)7(14-17)13-8(6)15/h1-2,17H,(H2,12,13,14,15,16). The maximum Gasteiger partial charge on any atom is 0.293 e. The average Bonchev–Trinajstić information content (AvgIpc) is 2.35. The molecule has 0 aliphatic carbocycles. The monoisotopic (exact) mass is 273 g/mol. The van der Waals surface area contributed by atoms with E-state index < -0.39 is 16.9 Å². The molecule has 0 bridgehead atoms. The van der Waals surface area contributed by atoms with E-state index in [0.717, 1.165) is 0 Å². The molecule has 0 atom stereocenters. The van der Waals surface area contributed by atoms with Crippen LogP contribution < -0.4 is 16.6 Å². The fourth-order valence-corrected chi connectivity index (χ4v) is 1.93. The molecule has 0 radical (unpaired) electrons. The van der Waals surface area contributed by atoms with E-state index in [0.29, 0.717) is 0 Å². The second kappa shape index (κ2) is 4.33.